The van der Waals surface area contributed by atoms with E-state index in [9.17, 15) is 8.42 Å². The van der Waals surface area contributed by atoms with Gasteiger partial charge in [-0.15, -0.1) is 0 Å². The number of sulfone groups is 1. The number of nitrogens with two attached hydrogens (primary N) is 1. The Bertz CT molecular complexity index is 319. The molecule has 1 saturated heterocycles. The molecule has 1 fully saturated rings. The summed E-state index contributed by atoms with van der Waals surface area (Å²) < 4.78 is 22.5. The second-order valence-corrected chi connectivity index (χ2v) is 7.29. The predicted molar refractivity (Wildman–Crippen MR) is 57.4 cm³/mol. The van der Waals surface area contributed by atoms with Gasteiger partial charge < -0.3 is 5.73 Å². The van der Waals surface area contributed by atoms with Crippen LogP contribution in [0.3, 0.4) is 0 Å². The minimum Gasteiger partial charge on any atom is -0.393 e. The molecule has 0 bridgehead atoms. The first-order chi connectivity index (χ1) is 5.77. The first-order valence-electron chi connectivity index (χ1n) is 4.28. The second-order valence-electron chi connectivity index (χ2n) is 4.08. The molecule has 1 heterocycles. The highest BCUT2D eigenvalue weighted by Crippen LogP contribution is 2.38. The van der Waals surface area contributed by atoms with Gasteiger partial charge in [0.15, 0.2) is 9.84 Å². The molecule has 5 heteroatoms. The van der Waals surface area contributed by atoms with Gasteiger partial charge in [0.2, 0.25) is 0 Å². The van der Waals surface area contributed by atoms with Crippen molar-refractivity contribution in [3.63, 3.8) is 0 Å². The lowest BCUT2D eigenvalue weighted by atomic mass is 9.90. The molecule has 0 amide bonds. The SMILES string of the molecule is CC1(C)C(CC(N)=S)CCS1(=O)=O. The molecule has 3 nitrogen and oxygen atoms in total. The normalized spacial score (nSPS) is 30.2. The summed E-state index contributed by atoms with van der Waals surface area (Å²) in [5, 5.41) is 0. The van der Waals surface area contributed by atoms with Crippen LogP contribution in [0.1, 0.15) is 26.7 Å². The van der Waals surface area contributed by atoms with E-state index in [0.29, 0.717) is 17.8 Å². The van der Waals surface area contributed by atoms with Crippen LogP contribution in [0.4, 0.5) is 0 Å². The molecule has 1 unspecified atom stereocenters. The van der Waals surface area contributed by atoms with Gasteiger partial charge in [0.1, 0.15) is 0 Å². The fourth-order valence-electron chi connectivity index (χ4n) is 1.75. The van der Waals surface area contributed by atoms with E-state index < -0.39 is 14.6 Å². The molecule has 1 aliphatic heterocycles. The van der Waals surface area contributed by atoms with Crippen LogP contribution in [0.2, 0.25) is 0 Å². The van der Waals surface area contributed by atoms with Gasteiger partial charge in [-0.1, -0.05) is 12.2 Å². The van der Waals surface area contributed by atoms with E-state index in [1.54, 1.807) is 13.8 Å². The maximum atomic E-state index is 11.6. The Kier molecular flexibility index (Phi) is 2.69. The van der Waals surface area contributed by atoms with Gasteiger partial charge >= 0.3 is 0 Å². The topological polar surface area (TPSA) is 60.2 Å². The molecule has 0 spiro atoms. The number of hydrogen-bond donors (Lipinski definition) is 1. The molecule has 0 aromatic heterocycles. The van der Waals surface area contributed by atoms with Crippen molar-refractivity contribution in [1.29, 1.82) is 0 Å². The molecule has 2 N–H and O–H groups in total. The van der Waals surface area contributed by atoms with Gasteiger partial charge in [-0.25, -0.2) is 8.42 Å². The van der Waals surface area contributed by atoms with Crippen molar-refractivity contribution in [3.05, 3.63) is 0 Å². The van der Waals surface area contributed by atoms with E-state index in [1.165, 1.54) is 0 Å². The van der Waals surface area contributed by atoms with Crippen LogP contribution in [0.25, 0.3) is 0 Å². The van der Waals surface area contributed by atoms with Crippen LogP contribution in [0.5, 0.6) is 0 Å². The third kappa shape index (κ3) is 1.86. The zero-order valence-electron chi connectivity index (χ0n) is 7.91. The van der Waals surface area contributed by atoms with Crippen molar-refractivity contribution in [1.82, 2.24) is 0 Å². The fourth-order valence-corrected chi connectivity index (χ4v) is 3.78. The second kappa shape index (κ2) is 3.20. The Hall–Kier alpha value is -0.160. The molecule has 0 aliphatic carbocycles. The first-order valence-corrected chi connectivity index (χ1v) is 6.34. The summed E-state index contributed by atoms with van der Waals surface area (Å²) in [6.07, 6.45) is 1.23. The summed E-state index contributed by atoms with van der Waals surface area (Å²) in [6, 6.07) is 0. The Morgan fingerprint density at radius 3 is 2.46 bits per heavy atom. The summed E-state index contributed by atoms with van der Waals surface area (Å²) in [5.74, 6) is 0.364. The van der Waals surface area contributed by atoms with Crippen molar-refractivity contribution in [2.45, 2.75) is 31.4 Å². The van der Waals surface area contributed by atoms with Gasteiger partial charge in [-0.3, -0.25) is 0 Å². The summed E-state index contributed by atoms with van der Waals surface area (Å²) >= 11 is 4.79. The zero-order valence-corrected chi connectivity index (χ0v) is 9.54. The van der Waals surface area contributed by atoms with Gasteiger partial charge in [0.25, 0.3) is 0 Å². The quantitative estimate of drug-likeness (QED) is 0.703. The lowest BCUT2D eigenvalue weighted by Crippen LogP contribution is -2.35. The molecule has 0 aromatic carbocycles. The zero-order chi connectivity index (χ0) is 10.3. The fraction of sp³-hybridized carbons (Fsp3) is 0.875. The van der Waals surface area contributed by atoms with Gasteiger partial charge in [0, 0.05) is 6.42 Å². The van der Waals surface area contributed by atoms with E-state index in [1.807, 2.05) is 0 Å². The average molecular weight is 221 g/mol. The molecule has 1 atom stereocenters. The van der Waals surface area contributed by atoms with Crippen molar-refractivity contribution in [2.75, 3.05) is 5.75 Å². The highest BCUT2D eigenvalue weighted by atomic mass is 32.2. The van der Waals surface area contributed by atoms with E-state index in [2.05, 4.69) is 0 Å². The molecule has 0 aromatic rings. The Labute approximate surface area is 84.6 Å². The number of rotatable bonds is 2. The highest BCUT2D eigenvalue weighted by Gasteiger charge is 2.47. The third-order valence-corrected chi connectivity index (χ3v) is 5.84. The Morgan fingerprint density at radius 2 is 2.15 bits per heavy atom. The van der Waals surface area contributed by atoms with Crippen LogP contribution in [-0.4, -0.2) is 23.9 Å². The minimum absolute atomic E-state index is 0.0926. The molecular weight excluding hydrogens is 206 g/mol. The van der Waals surface area contributed by atoms with Crippen LogP contribution >= 0.6 is 12.2 Å². The Balaban J connectivity index is 2.89. The molecule has 0 saturated carbocycles. The van der Waals surface area contributed by atoms with Crippen LogP contribution in [-0.2, 0) is 9.84 Å². The van der Waals surface area contributed by atoms with E-state index in [-0.39, 0.29) is 11.7 Å². The lowest BCUT2D eigenvalue weighted by molar-refractivity contribution is 0.435. The van der Waals surface area contributed by atoms with Gasteiger partial charge in [-0.05, 0) is 26.2 Å². The monoisotopic (exact) mass is 221 g/mol. The number of hydrogen-bond acceptors (Lipinski definition) is 3. The average Bonchev–Trinajstić information content (AvgIpc) is 2.11. The largest absolute Gasteiger partial charge is 0.393 e. The highest BCUT2D eigenvalue weighted by molar-refractivity contribution is 7.93. The van der Waals surface area contributed by atoms with Crippen molar-refractivity contribution in [2.24, 2.45) is 11.7 Å². The standard InChI is InChI=1S/C8H15NO2S2/c1-8(2)6(5-7(9)12)3-4-13(8,10)11/h6H,3-5H2,1-2H3,(H2,9,12). The van der Waals surface area contributed by atoms with Crippen molar-refractivity contribution >= 4 is 27.0 Å². The summed E-state index contributed by atoms with van der Waals surface area (Å²) in [4.78, 5) is 0.412. The molecule has 13 heavy (non-hydrogen) atoms. The van der Waals surface area contributed by atoms with Crippen LogP contribution < -0.4 is 5.73 Å². The maximum absolute atomic E-state index is 11.6. The van der Waals surface area contributed by atoms with Crippen LogP contribution in [0, 0.1) is 5.92 Å². The van der Waals surface area contributed by atoms with E-state index in [4.69, 9.17) is 18.0 Å². The van der Waals surface area contributed by atoms with Crippen LogP contribution in [0.15, 0.2) is 0 Å². The molecule has 1 aliphatic rings. The molecule has 0 radical (unpaired) electrons. The van der Waals surface area contributed by atoms with E-state index >= 15 is 0 Å². The van der Waals surface area contributed by atoms with Gasteiger partial charge in [0.05, 0.1) is 15.5 Å². The summed E-state index contributed by atoms with van der Waals surface area (Å²) in [7, 11) is -2.93. The number of thiocarbonyl (C=S) groups is 1. The van der Waals surface area contributed by atoms with E-state index in [0.717, 1.165) is 0 Å². The van der Waals surface area contributed by atoms with Gasteiger partial charge in [-0.2, -0.15) is 0 Å². The molecule has 1 rings (SSSR count). The maximum Gasteiger partial charge on any atom is 0.155 e. The van der Waals surface area contributed by atoms with Crippen molar-refractivity contribution < 1.29 is 8.42 Å². The Morgan fingerprint density at radius 1 is 1.62 bits per heavy atom. The smallest absolute Gasteiger partial charge is 0.155 e. The summed E-state index contributed by atoms with van der Waals surface area (Å²) in [6.45, 7) is 3.52. The minimum atomic E-state index is -2.93. The molecular formula is C8H15NO2S2. The lowest BCUT2D eigenvalue weighted by Gasteiger charge is -2.24. The predicted octanol–water partition coefficient (Wildman–Crippen LogP) is 0.876. The molecule has 76 valence electrons. The first kappa shape index (κ1) is 10.9. The third-order valence-electron chi connectivity index (χ3n) is 2.97. The van der Waals surface area contributed by atoms with Crippen molar-refractivity contribution in [3.8, 4) is 0 Å². The summed E-state index contributed by atoms with van der Waals surface area (Å²) in [5.41, 5.74) is 5.42.